The first-order valence-electron chi connectivity index (χ1n) is 5.17. The van der Waals surface area contributed by atoms with E-state index >= 15 is 0 Å². The second kappa shape index (κ2) is 5.63. The quantitative estimate of drug-likeness (QED) is 0.701. The van der Waals surface area contributed by atoms with Gasteiger partial charge in [0.25, 0.3) is 0 Å². The number of amides is 2. The monoisotopic (exact) mass is 270 g/mol. The van der Waals surface area contributed by atoms with Crippen molar-refractivity contribution < 1.29 is 18.0 Å². The van der Waals surface area contributed by atoms with Gasteiger partial charge >= 0.3 is 11.8 Å². The summed E-state index contributed by atoms with van der Waals surface area (Å²) in [6.07, 6.45) is 1.62. The number of hydrogen-bond acceptors (Lipinski definition) is 4. The highest BCUT2D eigenvalue weighted by molar-refractivity contribution is 7.90. The molecular formula is C11H14N2O4S. The fourth-order valence-electron chi connectivity index (χ4n) is 1.31. The molecule has 7 heteroatoms. The van der Waals surface area contributed by atoms with Gasteiger partial charge in [-0.2, -0.15) is 0 Å². The normalized spacial score (nSPS) is 10.9. The summed E-state index contributed by atoms with van der Waals surface area (Å²) < 4.78 is 22.4. The third kappa shape index (κ3) is 4.17. The molecule has 0 saturated carbocycles. The predicted molar refractivity (Wildman–Crippen MR) is 65.5 cm³/mol. The summed E-state index contributed by atoms with van der Waals surface area (Å²) in [5, 5.41) is 2.34. The molecule has 0 aromatic heterocycles. The van der Waals surface area contributed by atoms with Crippen LogP contribution >= 0.6 is 0 Å². The third-order valence-corrected chi connectivity index (χ3v) is 3.40. The third-order valence-electron chi connectivity index (χ3n) is 2.27. The Morgan fingerprint density at radius 2 is 1.78 bits per heavy atom. The highest BCUT2D eigenvalue weighted by Crippen LogP contribution is 2.10. The molecule has 0 radical (unpaired) electrons. The molecule has 3 N–H and O–H groups in total. The SMILES string of the molecule is CS(=O)(=O)c1ccc(CCNC(=O)C(N)=O)cc1. The molecule has 0 heterocycles. The Labute approximate surface area is 105 Å². The largest absolute Gasteiger partial charge is 0.361 e. The number of rotatable bonds is 4. The van der Waals surface area contributed by atoms with Crippen molar-refractivity contribution in [2.24, 2.45) is 5.73 Å². The van der Waals surface area contributed by atoms with Gasteiger partial charge in [-0.05, 0) is 24.1 Å². The number of hydrogen-bond donors (Lipinski definition) is 2. The molecule has 0 aliphatic carbocycles. The van der Waals surface area contributed by atoms with Crippen molar-refractivity contribution in [1.29, 1.82) is 0 Å². The Morgan fingerprint density at radius 1 is 1.22 bits per heavy atom. The van der Waals surface area contributed by atoms with Gasteiger partial charge in [0.1, 0.15) is 0 Å². The highest BCUT2D eigenvalue weighted by Gasteiger charge is 2.08. The lowest BCUT2D eigenvalue weighted by Crippen LogP contribution is -2.37. The molecule has 2 amide bonds. The molecular weight excluding hydrogens is 256 g/mol. The number of benzene rings is 1. The zero-order valence-electron chi connectivity index (χ0n) is 9.84. The van der Waals surface area contributed by atoms with Gasteiger partial charge in [0.15, 0.2) is 9.84 Å². The number of carbonyl (C=O) groups excluding carboxylic acids is 2. The first-order valence-corrected chi connectivity index (χ1v) is 7.06. The lowest BCUT2D eigenvalue weighted by Gasteiger charge is -2.04. The lowest BCUT2D eigenvalue weighted by molar-refractivity contribution is -0.137. The van der Waals surface area contributed by atoms with E-state index in [1.165, 1.54) is 12.1 Å². The van der Waals surface area contributed by atoms with Gasteiger partial charge < -0.3 is 11.1 Å². The summed E-state index contributed by atoms with van der Waals surface area (Å²) in [6.45, 7) is 0.264. The fourth-order valence-corrected chi connectivity index (χ4v) is 1.94. The Kier molecular flexibility index (Phi) is 4.43. The van der Waals surface area contributed by atoms with Gasteiger partial charge in [-0.1, -0.05) is 12.1 Å². The summed E-state index contributed by atoms with van der Waals surface area (Å²) in [4.78, 5) is 21.5. The van der Waals surface area contributed by atoms with Crippen LogP contribution in [0.3, 0.4) is 0 Å². The van der Waals surface area contributed by atoms with Crippen molar-refractivity contribution in [3.63, 3.8) is 0 Å². The molecule has 18 heavy (non-hydrogen) atoms. The van der Waals surface area contributed by atoms with Crippen LogP contribution in [0.4, 0.5) is 0 Å². The number of sulfone groups is 1. The molecule has 0 spiro atoms. The maximum Gasteiger partial charge on any atom is 0.309 e. The average molecular weight is 270 g/mol. The molecule has 1 aromatic carbocycles. The minimum atomic E-state index is -3.20. The maximum atomic E-state index is 11.2. The van der Waals surface area contributed by atoms with Crippen LogP contribution in [0.15, 0.2) is 29.2 Å². The molecule has 98 valence electrons. The molecule has 0 aliphatic rings. The summed E-state index contributed by atoms with van der Waals surface area (Å²) >= 11 is 0. The number of carbonyl (C=O) groups is 2. The standard InChI is InChI=1S/C11H14N2O4S/c1-18(16,17)9-4-2-8(3-5-9)6-7-13-11(15)10(12)14/h2-5H,6-7H2,1H3,(H2,12,14)(H,13,15). The van der Waals surface area contributed by atoms with E-state index in [-0.39, 0.29) is 11.4 Å². The summed E-state index contributed by atoms with van der Waals surface area (Å²) in [6, 6.07) is 6.32. The van der Waals surface area contributed by atoms with Crippen molar-refractivity contribution in [3.8, 4) is 0 Å². The molecule has 0 saturated heterocycles. The topological polar surface area (TPSA) is 106 Å². The van der Waals surface area contributed by atoms with Crippen molar-refractivity contribution in [2.75, 3.05) is 12.8 Å². The van der Waals surface area contributed by atoms with E-state index in [0.717, 1.165) is 11.8 Å². The maximum absolute atomic E-state index is 11.2. The van der Waals surface area contributed by atoms with Crippen LogP contribution in [0.25, 0.3) is 0 Å². The molecule has 0 atom stereocenters. The molecule has 0 fully saturated rings. The van der Waals surface area contributed by atoms with E-state index in [2.05, 4.69) is 5.32 Å². The number of nitrogens with two attached hydrogens (primary N) is 1. The van der Waals surface area contributed by atoms with Crippen LogP contribution in [-0.4, -0.2) is 33.0 Å². The fraction of sp³-hybridized carbons (Fsp3) is 0.273. The van der Waals surface area contributed by atoms with Crippen molar-refractivity contribution >= 4 is 21.7 Å². The first-order chi connectivity index (χ1) is 8.30. The average Bonchev–Trinajstić information content (AvgIpc) is 2.28. The van der Waals surface area contributed by atoms with Gasteiger partial charge in [0, 0.05) is 12.8 Å². The molecule has 1 rings (SSSR count). The summed E-state index contributed by atoms with van der Waals surface area (Å²) in [7, 11) is -3.20. The number of nitrogens with one attached hydrogen (secondary N) is 1. The van der Waals surface area contributed by atoms with Crippen molar-refractivity contribution in [3.05, 3.63) is 29.8 Å². The molecule has 0 bridgehead atoms. The van der Waals surface area contributed by atoms with Crippen LogP contribution in [0, 0.1) is 0 Å². The Hall–Kier alpha value is -1.89. The predicted octanol–water partition coefficient (Wildman–Crippen LogP) is -0.766. The Balaban J connectivity index is 2.55. The van der Waals surface area contributed by atoms with Crippen molar-refractivity contribution in [2.45, 2.75) is 11.3 Å². The van der Waals surface area contributed by atoms with Crippen LogP contribution in [0.2, 0.25) is 0 Å². The second-order valence-corrected chi connectivity index (χ2v) is 5.80. The number of primary amides is 1. The summed E-state index contributed by atoms with van der Waals surface area (Å²) in [5.41, 5.74) is 5.62. The van der Waals surface area contributed by atoms with Crippen LogP contribution < -0.4 is 11.1 Å². The summed E-state index contributed by atoms with van der Waals surface area (Å²) in [5.74, 6) is -1.86. The van der Waals surface area contributed by atoms with E-state index in [4.69, 9.17) is 5.73 Å². The van der Waals surface area contributed by atoms with E-state index in [0.29, 0.717) is 6.42 Å². The minimum Gasteiger partial charge on any atom is -0.361 e. The van der Waals surface area contributed by atoms with Crippen LogP contribution in [-0.2, 0) is 25.8 Å². The minimum absolute atomic E-state index is 0.243. The molecule has 0 unspecified atom stereocenters. The zero-order chi connectivity index (χ0) is 13.8. The lowest BCUT2D eigenvalue weighted by atomic mass is 10.1. The van der Waals surface area contributed by atoms with E-state index in [1.54, 1.807) is 12.1 Å². The van der Waals surface area contributed by atoms with Gasteiger partial charge in [-0.25, -0.2) is 8.42 Å². The van der Waals surface area contributed by atoms with E-state index in [1.807, 2.05) is 0 Å². The van der Waals surface area contributed by atoms with Gasteiger partial charge in [-0.3, -0.25) is 9.59 Å². The molecule has 0 aliphatic heterocycles. The molecule has 6 nitrogen and oxygen atoms in total. The Morgan fingerprint density at radius 3 is 2.22 bits per heavy atom. The van der Waals surface area contributed by atoms with E-state index in [9.17, 15) is 18.0 Å². The zero-order valence-corrected chi connectivity index (χ0v) is 10.7. The van der Waals surface area contributed by atoms with Crippen molar-refractivity contribution in [1.82, 2.24) is 5.32 Å². The molecule has 1 aromatic rings. The van der Waals surface area contributed by atoms with Gasteiger partial charge in [0.05, 0.1) is 4.90 Å². The Bertz CT molecular complexity index is 549. The first kappa shape index (κ1) is 14.2. The van der Waals surface area contributed by atoms with E-state index < -0.39 is 21.7 Å². The van der Waals surface area contributed by atoms with Gasteiger partial charge in [-0.15, -0.1) is 0 Å². The smallest absolute Gasteiger partial charge is 0.309 e. The van der Waals surface area contributed by atoms with Crippen LogP contribution in [0.5, 0.6) is 0 Å². The highest BCUT2D eigenvalue weighted by atomic mass is 32.2. The second-order valence-electron chi connectivity index (χ2n) is 3.79. The van der Waals surface area contributed by atoms with Crippen LogP contribution in [0.1, 0.15) is 5.56 Å². The van der Waals surface area contributed by atoms with Gasteiger partial charge in [0.2, 0.25) is 0 Å².